The molecule has 1 aromatic rings. The molecule has 4 heteroatoms. The zero-order valence-corrected chi connectivity index (χ0v) is 14.2. The molecule has 1 heterocycles. The summed E-state index contributed by atoms with van der Waals surface area (Å²) in [6.07, 6.45) is 4.35. The van der Waals surface area contributed by atoms with Gasteiger partial charge in [0.15, 0.2) is 0 Å². The summed E-state index contributed by atoms with van der Waals surface area (Å²) in [6, 6.07) is 7.17. The number of halogens is 1. The second-order valence-corrected chi connectivity index (χ2v) is 6.72. The molecule has 2 unspecified atom stereocenters. The first kappa shape index (κ1) is 16.6. The van der Waals surface area contributed by atoms with Crippen molar-refractivity contribution in [2.75, 3.05) is 32.1 Å². The number of likely N-dealkylation sites (tertiary alicyclic amines) is 1. The van der Waals surface area contributed by atoms with E-state index in [-0.39, 0.29) is 6.04 Å². The molecule has 0 spiro atoms. The summed E-state index contributed by atoms with van der Waals surface area (Å²) in [5.41, 5.74) is 8.39. The maximum absolute atomic E-state index is 6.45. The Kier molecular flexibility index (Phi) is 5.91. The van der Waals surface area contributed by atoms with E-state index in [4.69, 9.17) is 17.3 Å². The Morgan fingerprint density at radius 2 is 2.24 bits per heavy atom. The monoisotopic (exact) mass is 309 g/mol. The molecular weight excluding hydrogens is 282 g/mol. The van der Waals surface area contributed by atoms with Crippen LogP contribution in [0.25, 0.3) is 0 Å². The van der Waals surface area contributed by atoms with Gasteiger partial charge in [-0.2, -0.15) is 0 Å². The second-order valence-electron chi connectivity index (χ2n) is 6.32. The SMILES string of the molecule is CCC(N)Cc1ccc(N(C)C2CCCN(C)C2)cc1Cl. The molecule has 21 heavy (non-hydrogen) atoms. The van der Waals surface area contributed by atoms with E-state index in [9.17, 15) is 0 Å². The summed E-state index contributed by atoms with van der Waals surface area (Å²) in [5.74, 6) is 0. The largest absolute Gasteiger partial charge is 0.370 e. The molecule has 1 saturated heterocycles. The van der Waals surface area contributed by atoms with Crippen molar-refractivity contribution < 1.29 is 0 Å². The van der Waals surface area contributed by atoms with E-state index in [0.717, 1.165) is 30.0 Å². The summed E-state index contributed by atoms with van der Waals surface area (Å²) >= 11 is 6.45. The van der Waals surface area contributed by atoms with Gasteiger partial charge in [0.2, 0.25) is 0 Å². The van der Waals surface area contributed by atoms with Crippen LogP contribution in [0.3, 0.4) is 0 Å². The molecule has 3 nitrogen and oxygen atoms in total. The molecule has 1 aliphatic heterocycles. The minimum atomic E-state index is 0.193. The van der Waals surface area contributed by atoms with Crippen molar-refractivity contribution in [1.82, 2.24) is 4.90 Å². The molecule has 1 aromatic carbocycles. The molecule has 0 bridgehead atoms. The fourth-order valence-electron chi connectivity index (χ4n) is 3.01. The molecular formula is C17H28ClN3. The molecule has 0 amide bonds. The number of benzene rings is 1. The van der Waals surface area contributed by atoms with Crippen molar-refractivity contribution in [3.63, 3.8) is 0 Å². The molecule has 2 atom stereocenters. The lowest BCUT2D eigenvalue weighted by atomic mass is 10.0. The lowest BCUT2D eigenvalue weighted by molar-refractivity contribution is 0.248. The van der Waals surface area contributed by atoms with Gasteiger partial charge in [-0.3, -0.25) is 0 Å². The molecule has 0 saturated carbocycles. The fraction of sp³-hybridized carbons (Fsp3) is 0.647. The molecule has 1 fully saturated rings. The number of piperidine rings is 1. The van der Waals surface area contributed by atoms with E-state index >= 15 is 0 Å². The van der Waals surface area contributed by atoms with Crippen molar-refractivity contribution in [3.8, 4) is 0 Å². The van der Waals surface area contributed by atoms with Crippen LogP contribution in [0.1, 0.15) is 31.7 Å². The Bertz CT molecular complexity index is 463. The lowest BCUT2D eigenvalue weighted by Crippen LogP contribution is -2.45. The third kappa shape index (κ3) is 4.35. The normalized spacial score (nSPS) is 21.3. The van der Waals surface area contributed by atoms with Crippen molar-refractivity contribution >= 4 is 17.3 Å². The number of nitrogens with zero attached hydrogens (tertiary/aromatic N) is 2. The minimum absolute atomic E-state index is 0.193. The van der Waals surface area contributed by atoms with Gasteiger partial charge in [-0.25, -0.2) is 0 Å². The first-order valence-corrected chi connectivity index (χ1v) is 8.34. The van der Waals surface area contributed by atoms with E-state index in [1.807, 2.05) is 0 Å². The number of rotatable bonds is 5. The highest BCUT2D eigenvalue weighted by Gasteiger charge is 2.21. The van der Waals surface area contributed by atoms with E-state index in [2.05, 4.69) is 49.0 Å². The van der Waals surface area contributed by atoms with Crippen LogP contribution in [-0.4, -0.2) is 44.2 Å². The molecule has 0 radical (unpaired) electrons. The summed E-state index contributed by atoms with van der Waals surface area (Å²) in [6.45, 7) is 4.44. The van der Waals surface area contributed by atoms with Crippen LogP contribution in [0.2, 0.25) is 5.02 Å². The maximum atomic E-state index is 6.45. The third-order valence-electron chi connectivity index (χ3n) is 4.60. The fourth-order valence-corrected chi connectivity index (χ4v) is 3.27. The Morgan fingerprint density at radius 3 is 2.86 bits per heavy atom. The van der Waals surface area contributed by atoms with Gasteiger partial charge in [0.25, 0.3) is 0 Å². The Labute approximate surface area is 134 Å². The number of likely N-dealkylation sites (N-methyl/N-ethyl adjacent to an activating group) is 2. The summed E-state index contributed by atoms with van der Waals surface area (Å²) in [7, 11) is 4.37. The summed E-state index contributed by atoms with van der Waals surface area (Å²) in [5, 5.41) is 0.840. The van der Waals surface area contributed by atoms with Gasteiger partial charge < -0.3 is 15.5 Å². The van der Waals surface area contributed by atoms with E-state index in [1.54, 1.807) is 0 Å². The van der Waals surface area contributed by atoms with E-state index < -0.39 is 0 Å². The molecule has 1 aliphatic rings. The molecule has 0 aliphatic carbocycles. The van der Waals surface area contributed by atoms with E-state index in [1.165, 1.54) is 25.1 Å². The molecule has 2 N–H and O–H groups in total. The minimum Gasteiger partial charge on any atom is -0.370 e. The van der Waals surface area contributed by atoms with Crippen molar-refractivity contribution in [1.29, 1.82) is 0 Å². The third-order valence-corrected chi connectivity index (χ3v) is 4.95. The smallest absolute Gasteiger partial charge is 0.0459 e. The van der Waals surface area contributed by atoms with Crippen LogP contribution in [0, 0.1) is 0 Å². The highest BCUT2D eigenvalue weighted by atomic mass is 35.5. The predicted octanol–water partition coefficient (Wildman–Crippen LogP) is 3.15. The van der Waals surface area contributed by atoms with Gasteiger partial charge in [0, 0.05) is 36.4 Å². The van der Waals surface area contributed by atoms with Crippen molar-refractivity contribution in [3.05, 3.63) is 28.8 Å². The topological polar surface area (TPSA) is 32.5 Å². The maximum Gasteiger partial charge on any atom is 0.0459 e. The van der Waals surface area contributed by atoms with Gasteiger partial charge in [-0.05, 0) is 57.0 Å². The standard InChI is InChI=1S/C17H28ClN3/c1-4-14(19)10-13-7-8-15(11-17(13)18)21(3)16-6-5-9-20(2)12-16/h7-8,11,14,16H,4-6,9-10,12,19H2,1-3H3. The van der Waals surface area contributed by atoms with Gasteiger partial charge in [0.05, 0.1) is 0 Å². The zero-order chi connectivity index (χ0) is 15.4. The number of hydrogen-bond acceptors (Lipinski definition) is 3. The highest BCUT2D eigenvalue weighted by Crippen LogP contribution is 2.27. The molecule has 2 rings (SSSR count). The van der Waals surface area contributed by atoms with Crippen LogP contribution in [0.15, 0.2) is 18.2 Å². The van der Waals surface area contributed by atoms with Crippen LogP contribution < -0.4 is 10.6 Å². The Balaban J connectivity index is 2.08. The van der Waals surface area contributed by atoms with Gasteiger partial charge in [-0.15, -0.1) is 0 Å². The molecule has 118 valence electrons. The van der Waals surface area contributed by atoms with Crippen LogP contribution in [0.4, 0.5) is 5.69 Å². The van der Waals surface area contributed by atoms with Gasteiger partial charge in [0.1, 0.15) is 0 Å². The predicted molar refractivity (Wildman–Crippen MR) is 92.3 cm³/mol. The second kappa shape index (κ2) is 7.48. The molecule has 0 aromatic heterocycles. The zero-order valence-electron chi connectivity index (χ0n) is 13.5. The number of nitrogens with two attached hydrogens (primary N) is 1. The van der Waals surface area contributed by atoms with Crippen LogP contribution in [0.5, 0.6) is 0 Å². The van der Waals surface area contributed by atoms with E-state index in [0.29, 0.717) is 6.04 Å². The quantitative estimate of drug-likeness (QED) is 0.907. The van der Waals surface area contributed by atoms with Crippen molar-refractivity contribution in [2.45, 2.75) is 44.7 Å². The lowest BCUT2D eigenvalue weighted by Gasteiger charge is -2.37. The summed E-state index contributed by atoms with van der Waals surface area (Å²) in [4.78, 5) is 4.77. The van der Waals surface area contributed by atoms with Gasteiger partial charge in [-0.1, -0.05) is 24.6 Å². The first-order chi connectivity index (χ1) is 10.0. The number of hydrogen-bond donors (Lipinski definition) is 1. The average Bonchev–Trinajstić information content (AvgIpc) is 2.48. The van der Waals surface area contributed by atoms with Crippen LogP contribution >= 0.6 is 11.6 Å². The van der Waals surface area contributed by atoms with Crippen molar-refractivity contribution in [2.24, 2.45) is 5.73 Å². The van der Waals surface area contributed by atoms with Gasteiger partial charge >= 0.3 is 0 Å². The Morgan fingerprint density at radius 1 is 1.48 bits per heavy atom. The number of anilines is 1. The summed E-state index contributed by atoms with van der Waals surface area (Å²) < 4.78 is 0. The Hall–Kier alpha value is -0.770. The average molecular weight is 310 g/mol. The van der Waals surface area contributed by atoms with Crippen LogP contribution in [-0.2, 0) is 6.42 Å². The first-order valence-electron chi connectivity index (χ1n) is 7.96. The highest BCUT2D eigenvalue weighted by molar-refractivity contribution is 6.31.